The van der Waals surface area contributed by atoms with E-state index in [-0.39, 0.29) is 5.25 Å². The smallest absolute Gasteiger partial charge is 0.191 e. The van der Waals surface area contributed by atoms with E-state index < -0.39 is 0 Å². The summed E-state index contributed by atoms with van der Waals surface area (Å²) in [6, 6.07) is 3.47. The molecule has 0 radical (unpaired) electrons. The summed E-state index contributed by atoms with van der Waals surface area (Å²) in [5.41, 5.74) is 7.46. The largest absolute Gasteiger partial charge is 0.384 e. The highest BCUT2D eigenvalue weighted by Crippen LogP contribution is 2.34. The van der Waals surface area contributed by atoms with Gasteiger partial charge in [0, 0.05) is 17.6 Å². The number of anilines is 1. The van der Waals surface area contributed by atoms with Gasteiger partial charge in [-0.15, -0.1) is 0 Å². The van der Waals surface area contributed by atoms with Crippen molar-refractivity contribution in [1.29, 1.82) is 0 Å². The van der Waals surface area contributed by atoms with Crippen molar-refractivity contribution in [3.05, 3.63) is 40.4 Å². The molecule has 1 atom stereocenters. The summed E-state index contributed by atoms with van der Waals surface area (Å²) in [6.45, 7) is 2.01. The zero-order valence-electron chi connectivity index (χ0n) is 11.0. The fraction of sp³-hybridized carbons (Fsp3) is 0.154. The van der Waals surface area contributed by atoms with Crippen LogP contribution in [0.4, 0.5) is 5.82 Å². The second-order valence-electron chi connectivity index (χ2n) is 4.45. The summed E-state index contributed by atoms with van der Waals surface area (Å²) in [7, 11) is 0. The van der Waals surface area contributed by atoms with Crippen molar-refractivity contribution in [3.8, 4) is 0 Å². The van der Waals surface area contributed by atoms with Crippen molar-refractivity contribution < 1.29 is 0 Å². The third-order valence-electron chi connectivity index (χ3n) is 2.93. The van der Waals surface area contributed by atoms with Crippen LogP contribution in [0, 0.1) is 0 Å². The van der Waals surface area contributed by atoms with E-state index in [1.807, 2.05) is 13.0 Å². The number of nitrogens with two attached hydrogens (primary N) is 1. The van der Waals surface area contributed by atoms with E-state index >= 15 is 0 Å². The number of rotatable bonds is 3. The Hall–Kier alpha value is -1.50. The molecule has 21 heavy (non-hydrogen) atoms. The molecule has 1 unspecified atom stereocenters. The molecule has 0 saturated heterocycles. The highest BCUT2D eigenvalue weighted by molar-refractivity contribution is 7.99. The second-order valence-corrected chi connectivity index (χ2v) is 6.55. The third kappa shape index (κ3) is 3.07. The lowest BCUT2D eigenvalue weighted by atomic mass is 10.2. The molecule has 5 nitrogen and oxygen atoms in total. The average molecular weight is 340 g/mol. The van der Waals surface area contributed by atoms with Crippen molar-refractivity contribution in [2.24, 2.45) is 0 Å². The van der Waals surface area contributed by atoms with Crippen molar-refractivity contribution >= 4 is 51.7 Å². The molecule has 0 saturated carbocycles. The summed E-state index contributed by atoms with van der Waals surface area (Å²) in [4.78, 5) is 15.8. The Bertz CT molecular complexity index is 784. The van der Waals surface area contributed by atoms with Gasteiger partial charge in [0.2, 0.25) is 0 Å². The van der Waals surface area contributed by atoms with Gasteiger partial charge in [0.05, 0.1) is 27.7 Å². The minimum atomic E-state index is 0.0400. The number of thioether (sulfide) groups is 1. The van der Waals surface area contributed by atoms with Gasteiger partial charge in [-0.25, -0.2) is 9.97 Å². The van der Waals surface area contributed by atoms with E-state index in [1.54, 1.807) is 12.4 Å². The number of hydrogen-bond donors (Lipinski definition) is 2. The zero-order valence-corrected chi connectivity index (χ0v) is 13.3. The van der Waals surface area contributed by atoms with Crippen LogP contribution in [0.25, 0.3) is 10.9 Å². The first-order chi connectivity index (χ1) is 10.0. The van der Waals surface area contributed by atoms with Gasteiger partial charge >= 0.3 is 0 Å². The number of nitrogens with one attached hydrogen (secondary N) is 1. The molecule has 0 aliphatic rings. The fourth-order valence-corrected chi connectivity index (χ4v) is 3.24. The lowest BCUT2D eigenvalue weighted by Gasteiger charge is -2.10. The number of hydrogen-bond acceptors (Lipinski definition) is 5. The van der Waals surface area contributed by atoms with Gasteiger partial charge in [-0.2, -0.15) is 0 Å². The van der Waals surface area contributed by atoms with E-state index in [0.29, 0.717) is 21.2 Å². The van der Waals surface area contributed by atoms with Gasteiger partial charge in [-0.05, 0) is 13.0 Å². The average Bonchev–Trinajstić information content (AvgIpc) is 2.79. The van der Waals surface area contributed by atoms with Crippen LogP contribution in [0.15, 0.2) is 29.7 Å². The van der Waals surface area contributed by atoms with Crippen LogP contribution >= 0.6 is 35.0 Å². The number of H-pyrrole nitrogens is 1. The minimum absolute atomic E-state index is 0.0400. The van der Waals surface area contributed by atoms with Crippen LogP contribution in [0.2, 0.25) is 10.2 Å². The summed E-state index contributed by atoms with van der Waals surface area (Å²) in [6.07, 6.45) is 3.51. The maximum Gasteiger partial charge on any atom is 0.191 e. The second kappa shape index (κ2) is 5.71. The molecule has 0 aliphatic heterocycles. The maximum absolute atomic E-state index is 6.13. The standard InChI is InChI=1S/C13H11Cl2N5S/c1-6(21-13-19-11(15)3-12(16)20-13)9-2-7-8(14)4-17-10(7)5-18-9/h2-6,17H,1H3,(H2,16,19,20). The molecular formula is C13H11Cl2N5S. The third-order valence-corrected chi connectivity index (χ3v) is 4.42. The molecule has 0 spiro atoms. The van der Waals surface area contributed by atoms with Gasteiger partial charge in [-0.3, -0.25) is 4.98 Å². The molecule has 3 aromatic heterocycles. The van der Waals surface area contributed by atoms with Crippen LogP contribution in [0.3, 0.4) is 0 Å². The molecule has 108 valence electrons. The molecule has 3 aromatic rings. The van der Waals surface area contributed by atoms with Crippen molar-refractivity contribution in [1.82, 2.24) is 19.9 Å². The van der Waals surface area contributed by atoms with Gasteiger partial charge in [0.1, 0.15) is 11.0 Å². The molecule has 0 amide bonds. The van der Waals surface area contributed by atoms with Crippen molar-refractivity contribution in [2.45, 2.75) is 17.3 Å². The van der Waals surface area contributed by atoms with Crippen LogP contribution in [-0.4, -0.2) is 19.9 Å². The van der Waals surface area contributed by atoms with Crippen LogP contribution in [0.1, 0.15) is 17.9 Å². The van der Waals surface area contributed by atoms with Crippen LogP contribution < -0.4 is 5.73 Å². The first kappa shape index (κ1) is 14.4. The Balaban J connectivity index is 1.89. The van der Waals surface area contributed by atoms with Gasteiger partial charge < -0.3 is 10.7 Å². The van der Waals surface area contributed by atoms with Gasteiger partial charge in [-0.1, -0.05) is 35.0 Å². The Labute approximate surface area is 135 Å². The molecule has 3 rings (SSSR count). The predicted octanol–water partition coefficient (Wildman–Crippen LogP) is 4.10. The number of halogens is 2. The number of aromatic amines is 1. The lowest BCUT2D eigenvalue weighted by molar-refractivity contribution is 0.947. The normalized spacial score (nSPS) is 12.7. The highest BCUT2D eigenvalue weighted by Gasteiger charge is 2.14. The maximum atomic E-state index is 6.13. The fourth-order valence-electron chi connectivity index (χ4n) is 1.91. The Morgan fingerprint density at radius 3 is 2.86 bits per heavy atom. The van der Waals surface area contributed by atoms with Crippen molar-refractivity contribution in [2.75, 3.05) is 5.73 Å². The first-order valence-corrected chi connectivity index (χ1v) is 7.76. The molecule has 0 aliphatic carbocycles. The lowest BCUT2D eigenvalue weighted by Crippen LogP contribution is -1.98. The van der Waals surface area contributed by atoms with Gasteiger partial charge in [0.25, 0.3) is 0 Å². The summed E-state index contributed by atoms with van der Waals surface area (Å²) >= 11 is 13.4. The molecule has 0 fully saturated rings. The Kier molecular flexibility index (Phi) is 3.93. The van der Waals surface area contributed by atoms with E-state index in [1.165, 1.54) is 17.8 Å². The van der Waals surface area contributed by atoms with Gasteiger partial charge in [0.15, 0.2) is 5.16 Å². The monoisotopic (exact) mass is 339 g/mol. The van der Waals surface area contributed by atoms with E-state index in [2.05, 4.69) is 19.9 Å². The minimum Gasteiger partial charge on any atom is -0.384 e. The Morgan fingerprint density at radius 2 is 2.10 bits per heavy atom. The first-order valence-electron chi connectivity index (χ1n) is 6.12. The summed E-state index contributed by atoms with van der Waals surface area (Å²) in [5, 5.41) is 2.51. The number of aromatic nitrogens is 4. The van der Waals surface area contributed by atoms with E-state index in [4.69, 9.17) is 28.9 Å². The van der Waals surface area contributed by atoms with Crippen LogP contribution in [0.5, 0.6) is 0 Å². The number of nitrogen functional groups attached to an aromatic ring is 1. The van der Waals surface area contributed by atoms with Crippen LogP contribution in [-0.2, 0) is 0 Å². The summed E-state index contributed by atoms with van der Waals surface area (Å²) in [5.74, 6) is 0.349. The number of pyridine rings is 1. The van der Waals surface area contributed by atoms with E-state index in [9.17, 15) is 0 Å². The molecule has 8 heteroatoms. The number of nitrogens with zero attached hydrogens (tertiary/aromatic N) is 3. The quantitative estimate of drug-likeness (QED) is 0.426. The predicted molar refractivity (Wildman–Crippen MR) is 86.8 cm³/mol. The molecular weight excluding hydrogens is 329 g/mol. The zero-order chi connectivity index (χ0) is 15.0. The SMILES string of the molecule is CC(Sc1nc(N)cc(Cl)n1)c1cc2c(Cl)c[nH]c2cn1. The van der Waals surface area contributed by atoms with Crippen molar-refractivity contribution in [3.63, 3.8) is 0 Å². The Morgan fingerprint density at radius 1 is 1.29 bits per heavy atom. The molecule has 0 bridgehead atoms. The molecule has 3 heterocycles. The molecule has 3 N–H and O–H groups in total. The number of fused-ring (bicyclic) bond motifs is 1. The highest BCUT2D eigenvalue weighted by atomic mass is 35.5. The topological polar surface area (TPSA) is 80.5 Å². The molecule has 0 aromatic carbocycles. The summed E-state index contributed by atoms with van der Waals surface area (Å²) < 4.78 is 0. The van der Waals surface area contributed by atoms with E-state index in [0.717, 1.165) is 16.6 Å².